The molecule has 1 aromatic carbocycles. The van der Waals surface area contributed by atoms with E-state index in [1.54, 1.807) is 0 Å². The van der Waals surface area contributed by atoms with Gasteiger partial charge in [-0.05, 0) is 49.3 Å². The number of fused-ring (bicyclic) bond motifs is 1. The Kier molecular flexibility index (Phi) is 2.60. The summed E-state index contributed by atoms with van der Waals surface area (Å²) in [5.41, 5.74) is 10.2. The molecule has 0 spiro atoms. The molecule has 14 heavy (non-hydrogen) atoms. The highest BCUT2D eigenvalue weighted by molar-refractivity contribution is 5.36. The number of hydrogen-bond donors (Lipinski definition) is 1. The molecule has 1 nitrogen and oxygen atoms in total. The van der Waals surface area contributed by atoms with Crippen LogP contribution < -0.4 is 5.73 Å². The molecular formula is C13H19N. The first-order chi connectivity index (χ1) is 6.72. The molecule has 0 aromatic heterocycles. The summed E-state index contributed by atoms with van der Waals surface area (Å²) in [6.07, 6.45) is 2.52. The van der Waals surface area contributed by atoms with E-state index in [1.807, 2.05) is 0 Å². The Morgan fingerprint density at radius 2 is 2.21 bits per heavy atom. The number of benzene rings is 1. The highest BCUT2D eigenvalue weighted by atomic mass is 14.6. The molecule has 0 saturated heterocycles. The van der Waals surface area contributed by atoms with Crippen molar-refractivity contribution in [3.05, 3.63) is 34.9 Å². The predicted octanol–water partition coefficient (Wildman–Crippen LogP) is 2.62. The molecule has 76 valence electrons. The van der Waals surface area contributed by atoms with Gasteiger partial charge in [-0.25, -0.2) is 0 Å². The van der Waals surface area contributed by atoms with Crippen molar-refractivity contribution in [2.75, 3.05) is 6.54 Å². The summed E-state index contributed by atoms with van der Waals surface area (Å²) >= 11 is 0. The number of hydrogen-bond acceptors (Lipinski definition) is 1. The Morgan fingerprint density at radius 1 is 1.43 bits per heavy atom. The Balaban J connectivity index is 2.43. The Morgan fingerprint density at radius 3 is 2.93 bits per heavy atom. The van der Waals surface area contributed by atoms with E-state index < -0.39 is 0 Å². The zero-order chi connectivity index (χ0) is 10.1. The highest BCUT2D eigenvalue weighted by Gasteiger charge is 2.24. The number of nitrogens with two attached hydrogens (primary N) is 1. The van der Waals surface area contributed by atoms with E-state index in [1.165, 1.54) is 29.5 Å². The van der Waals surface area contributed by atoms with Crippen molar-refractivity contribution >= 4 is 0 Å². The van der Waals surface area contributed by atoms with Gasteiger partial charge in [-0.2, -0.15) is 0 Å². The Bertz CT molecular complexity index is 330. The maximum Gasteiger partial charge on any atom is -0.000556 e. The fourth-order valence-corrected chi connectivity index (χ4v) is 2.54. The number of rotatable bonds is 1. The van der Waals surface area contributed by atoms with Crippen LogP contribution in [0.2, 0.25) is 0 Å². The van der Waals surface area contributed by atoms with Gasteiger partial charge in [0.2, 0.25) is 0 Å². The van der Waals surface area contributed by atoms with E-state index >= 15 is 0 Å². The number of aryl methyl sites for hydroxylation is 2. The summed E-state index contributed by atoms with van der Waals surface area (Å²) in [5, 5.41) is 0. The quantitative estimate of drug-likeness (QED) is 0.722. The van der Waals surface area contributed by atoms with Gasteiger partial charge in [0.1, 0.15) is 0 Å². The molecule has 1 heteroatoms. The summed E-state index contributed by atoms with van der Waals surface area (Å²) in [4.78, 5) is 0. The van der Waals surface area contributed by atoms with E-state index in [2.05, 4.69) is 32.0 Å². The molecule has 2 N–H and O–H groups in total. The minimum Gasteiger partial charge on any atom is -0.330 e. The van der Waals surface area contributed by atoms with Gasteiger partial charge in [0, 0.05) is 0 Å². The van der Waals surface area contributed by atoms with Gasteiger partial charge in [-0.1, -0.05) is 30.7 Å². The van der Waals surface area contributed by atoms with Crippen LogP contribution in [0.3, 0.4) is 0 Å². The van der Waals surface area contributed by atoms with Crippen LogP contribution in [0, 0.1) is 12.8 Å². The van der Waals surface area contributed by atoms with E-state index in [0.717, 1.165) is 12.5 Å². The summed E-state index contributed by atoms with van der Waals surface area (Å²) in [7, 11) is 0. The average molecular weight is 189 g/mol. The molecule has 2 rings (SSSR count). The van der Waals surface area contributed by atoms with Gasteiger partial charge in [-0.3, -0.25) is 0 Å². The zero-order valence-corrected chi connectivity index (χ0v) is 9.09. The fraction of sp³-hybridized carbons (Fsp3) is 0.538. The van der Waals surface area contributed by atoms with E-state index in [0.29, 0.717) is 5.92 Å². The Labute approximate surface area is 86.3 Å². The average Bonchev–Trinajstić information content (AvgIpc) is 2.17. The molecule has 0 saturated carbocycles. The first kappa shape index (κ1) is 9.72. The van der Waals surface area contributed by atoms with Crippen LogP contribution in [0.15, 0.2) is 18.2 Å². The maximum atomic E-state index is 5.86. The van der Waals surface area contributed by atoms with Gasteiger partial charge < -0.3 is 5.73 Å². The second kappa shape index (κ2) is 3.74. The molecule has 0 heterocycles. The predicted molar refractivity (Wildman–Crippen MR) is 60.5 cm³/mol. The van der Waals surface area contributed by atoms with Crippen LogP contribution in [-0.4, -0.2) is 6.54 Å². The van der Waals surface area contributed by atoms with Crippen LogP contribution in [0.5, 0.6) is 0 Å². The largest absolute Gasteiger partial charge is 0.330 e. The second-order valence-electron chi connectivity index (χ2n) is 4.56. The molecule has 2 atom stereocenters. The Hall–Kier alpha value is -0.820. The molecule has 0 radical (unpaired) electrons. The second-order valence-corrected chi connectivity index (χ2v) is 4.56. The standard InChI is InChI=1S/C13H19N/c1-9-3-5-11-6-4-10(2)13(8-14)12(11)7-9/h3,5,7,10,13H,4,6,8,14H2,1-2H3. The summed E-state index contributed by atoms with van der Waals surface area (Å²) in [6, 6.07) is 6.81. The van der Waals surface area contributed by atoms with Crippen molar-refractivity contribution in [1.82, 2.24) is 0 Å². The highest BCUT2D eigenvalue weighted by Crippen LogP contribution is 2.35. The summed E-state index contributed by atoms with van der Waals surface area (Å²) in [5.74, 6) is 1.33. The van der Waals surface area contributed by atoms with Gasteiger partial charge >= 0.3 is 0 Å². The molecule has 0 amide bonds. The van der Waals surface area contributed by atoms with Crippen LogP contribution in [0.4, 0.5) is 0 Å². The van der Waals surface area contributed by atoms with Crippen molar-refractivity contribution < 1.29 is 0 Å². The monoisotopic (exact) mass is 189 g/mol. The molecule has 1 aliphatic rings. The molecule has 0 fully saturated rings. The molecule has 0 aliphatic heterocycles. The zero-order valence-electron chi connectivity index (χ0n) is 9.09. The van der Waals surface area contributed by atoms with Crippen molar-refractivity contribution in [2.24, 2.45) is 11.7 Å². The lowest BCUT2D eigenvalue weighted by atomic mass is 9.75. The first-order valence-electron chi connectivity index (χ1n) is 5.52. The fourth-order valence-electron chi connectivity index (χ4n) is 2.54. The smallest absolute Gasteiger partial charge is 0.000556 e. The maximum absolute atomic E-state index is 5.86. The molecule has 0 bridgehead atoms. The van der Waals surface area contributed by atoms with Crippen molar-refractivity contribution in [2.45, 2.75) is 32.6 Å². The third-order valence-corrected chi connectivity index (χ3v) is 3.51. The third kappa shape index (κ3) is 1.57. The molecule has 1 aliphatic carbocycles. The van der Waals surface area contributed by atoms with E-state index in [4.69, 9.17) is 5.73 Å². The minimum atomic E-state index is 0.582. The topological polar surface area (TPSA) is 26.0 Å². The third-order valence-electron chi connectivity index (χ3n) is 3.51. The lowest BCUT2D eigenvalue weighted by Crippen LogP contribution is -2.25. The first-order valence-corrected chi connectivity index (χ1v) is 5.52. The molecule has 2 unspecified atom stereocenters. The lowest BCUT2D eigenvalue weighted by Gasteiger charge is -2.30. The van der Waals surface area contributed by atoms with E-state index in [9.17, 15) is 0 Å². The van der Waals surface area contributed by atoms with Crippen molar-refractivity contribution in [3.8, 4) is 0 Å². The molecular weight excluding hydrogens is 170 g/mol. The van der Waals surface area contributed by atoms with Gasteiger partial charge in [-0.15, -0.1) is 0 Å². The van der Waals surface area contributed by atoms with Crippen molar-refractivity contribution in [3.63, 3.8) is 0 Å². The van der Waals surface area contributed by atoms with Gasteiger partial charge in [0.25, 0.3) is 0 Å². The normalized spacial score (nSPS) is 25.9. The SMILES string of the molecule is Cc1ccc2c(c1)C(CN)C(C)CC2. The van der Waals surface area contributed by atoms with Gasteiger partial charge in [0.05, 0.1) is 0 Å². The van der Waals surface area contributed by atoms with Crippen LogP contribution in [0.25, 0.3) is 0 Å². The lowest BCUT2D eigenvalue weighted by molar-refractivity contribution is 0.408. The summed E-state index contributed by atoms with van der Waals surface area (Å²) in [6.45, 7) is 5.27. The van der Waals surface area contributed by atoms with Crippen LogP contribution in [0.1, 0.15) is 36.0 Å². The van der Waals surface area contributed by atoms with E-state index in [-0.39, 0.29) is 0 Å². The van der Waals surface area contributed by atoms with Crippen LogP contribution >= 0.6 is 0 Å². The van der Waals surface area contributed by atoms with Crippen molar-refractivity contribution in [1.29, 1.82) is 0 Å². The van der Waals surface area contributed by atoms with Gasteiger partial charge in [0.15, 0.2) is 0 Å². The molecule has 1 aromatic rings. The summed E-state index contributed by atoms with van der Waals surface area (Å²) < 4.78 is 0. The minimum absolute atomic E-state index is 0.582. The van der Waals surface area contributed by atoms with Crippen LogP contribution in [-0.2, 0) is 6.42 Å².